The molecule has 0 amide bonds. The SMILES string of the molecule is Cc1cc(N/N=C2\CCS(=O)(=O)c3ccc(F)cc32)nc2ccc(Cl)cc12. The number of benzene rings is 2. The van der Waals surface area contributed by atoms with Gasteiger partial charge in [-0.3, -0.25) is 5.43 Å². The predicted molar refractivity (Wildman–Crippen MR) is 105 cm³/mol. The second kappa shape index (κ2) is 6.58. The number of hydrogen-bond donors (Lipinski definition) is 1. The van der Waals surface area contributed by atoms with Gasteiger partial charge in [-0.05, 0) is 55.0 Å². The second-order valence-corrected chi connectivity index (χ2v) is 8.88. The molecule has 0 bridgehead atoms. The van der Waals surface area contributed by atoms with E-state index in [1.165, 1.54) is 12.1 Å². The fourth-order valence-electron chi connectivity index (χ4n) is 3.14. The number of fused-ring (bicyclic) bond motifs is 2. The Kier molecular flexibility index (Phi) is 4.36. The molecular weight excluding hydrogens is 389 g/mol. The van der Waals surface area contributed by atoms with Crippen LogP contribution in [0.2, 0.25) is 5.02 Å². The van der Waals surface area contributed by atoms with Crippen LogP contribution in [0.5, 0.6) is 0 Å². The molecular formula is C19H15ClFN3O2S. The maximum atomic E-state index is 13.6. The average Bonchev–Trinajstić information content (AvgIpc) is 2.61. The minimum Gasteiger partial charge on any atom is -0.261 e. The van der Waals surface area contributed by atoms with Gasteiger partial charge in [0.25, 0.3) is 0 Å². The monoisotopic (exact) mass is 403 g/mol. The van der Waals surface area contributed by atoms with Crippen molar-refractivity contribution in [2.45, 2.75) is 18.2 Å². The van der Waals surface area contributed by atoms with Gasteiger partial charge in [0.15, 0.2) is 9.84 Å². The molecule has 1 aliphatic heterocycles. The Labute approximate surface area is 160 Å². The van der Waals surface area contributed by atoms with Crippen molar-refractivity contribution >= 4 is 43.9 Å². The number of nitrogens with zero attached hydrogens (tertiary/aromatic N) is 2. The highest BCUT2D eigenvalue weighted by Gasteiger charge is 2.28. The number of aryl methyl sites for hydroxylation is 1. The van der Waals surface area contributed by atoms with Crippen LogP contribution in [0.3, 0.4) is 0 Å². The lowest BCUT2D eigenvalue weighted by Crippen LogP contribution is -2.23. The molecule has 0 unspecified atom stereocenters. The number of hydrogen-bond acceptors (Lipinski definition) is 5. The van der Waals surface area contributed by atoms with Gasteiger partial charge in [-0.1, -0.05) is 11.6 Å². The van der Waals surface area contributed by atoms with Gasteiger partial charge in [0.05, 0.1) is 21.9 Å². The van der Waals surface area contributed by atoms with Gasteiger partial charge in [0.1, 0.15) is 11.6 Å². The summed E-state index contributed by atoms with van der Waals surface area (Å²) in [5.74, 6) is -0.0502. The first-order chi connectivity index (χ1) is 12.8. The van der Waals surface area contributed by atoms with E-state index in [9.17, 15) is 12.8 Å². The Morgan fingerprint density at radius 1 is 1.19 bits per heavy atom. The molecule has 0 fully saturated rings. The van der Waals surface area contributed by atoms with Crippen LogP contribution in [0, 0.1) is 12.7 Å². The van der Waals surface area contributed by atoms with Crippen LogP contribution in [-0.4, -0.2) is 24.9 Å². The highest BCUT2D eigenvalue weighted by molar-refractivity contribution is 7.91. The summed E-state index contributed by atoms with van der Waals surface area (Å²) in [6.07, 6.45) is 0.202. The van der Waals surface area contributed by atoms with E-state index >= 15 is 0 Å². The summed E-state index contributed by atoms with van der Waals surface area (Å²) in [5, 5.41) is 5.89. The summed E-state index contributed by atoms with van der Waals surface area (Å²) in [4.78, 5) is 4.60. The Morgan fingerprint density at radius 2 is 2.00 bits per heavy atom. The van der Waals surface area contributed by atoms with E-state index in [-0.39, 0.29) is 22.6 Å². The predicted octanol–water partition coefficient (Wildman–Crippen LogP) is 4.33. The van der Waals surface area contributed by atoms with Gasteiger partial charge < -0.3 is 0 Å². The summed E-state index contributed by atoms with van der Waals surface area (Å²) < 4.78 is 38.1. The van der Waals surface area contributed by atoms with E-state index in [4.69, 9.17) is 11.6 Å². The lowest BCUT2D eigenvalue weighted by atomic mass is 10.1. The second-order valence-electron chi connectivity index (χ2n) is 6.37. The van der Waals surface area contributed by atoms with E-state index < -0.39 is 15.7 Å². The lowest BCUT2D eigenvalue weighted by molar-refractivity contribution is 0.593. The zero-order valence-electron chi connectivity index (χ0n) is 14.3. The molecule has 0 aliphatic carbocycles. The number of aromatic nitrogens is 1. The first-order valence-corrected chi connectivity index (χ1v) is 10.3. The minimum atomic E-state index is -3.42. The smallest absolute Gasteiger partial charge is 0.179 e. The molecule has 0 radical (unpaired) electrons. The first kappa shape index (κ1) is 17.9. The molecule has 2 aromatic carbocycles. The van der Waals surface area contributed by atoms with Crippen molar-refractivity contribution in [3.8, 4) is 0 Å². The van der Waals surface area contributed by atoms with E-state index in [1.54, 1.807) is 6.07 Å². The van der Waals surface area contributed by atoms with Crippen LogP contribution in [0.25, 0.3) is 10.9 Å². The summed E-state index contributed by atoms with van der Waals surface area (Å²) >= 11 is 6.03. The number of pyridine rings is 1. The van der Waals surface area contributed by atoms with Crippen LogP contribution in [0.1, 0.15) is 17.5 Å². The van der Waals surface area contributed by atoms with Gasteiger partial charge in [-0.15, -0.1) is 0 Å². The molecule has 27 heavy (non-hydrogen) atoms. The summed E-state index contributed by atoms with van der Waals surface area (Å²) in [6.45, 7) is 1.94. The van der Waals surface area contributed by atoms with Crippen LogP contribution in [-0.2, 0) is 9.84 Å². The Bertz CT molecular complexity index is 1210. The molecule has 138 valence electrons. The van der Waals surface area contributed by atoms with Gasteiger partial charge in [0, 0.05) is 22.4 Å². The normalized spacial score (nSPS) is 17.1. The fraction of sp³-hybridized carbons (Fsp3) is 0.158. The zero-order valence-corrected chi connectivity index (χ0v) is 15.9. The number of halogens is 2. The Balaban J connectivity index is 1.73. The van der Waals surface area contributed by atoms with Gasteiger partial charge in [0.2, 0.25) is 0 Å². The van der Waals surface area contributed by atoms with E-state index in [0.29, 0.717) is 16.6 Å². The number of rotatable bonds is 2. The molecule has 0 saturated heterocycles. The van der Waals surface area contributed by atoms with Crippen molar-refractivity contribution in [2.24, 2.45) is 5.10 Å². The molecule has 8 heteroatoms. The number of nitrogens with one attached hydrogen (secondary N) is 1. The summed E-state index contributed by atoms with van der Waals surface area (Å²) in [5.41, 5.74) is 5.39. The van der Waals surface area contributed by atoms with Crippen LogP contribution >= 0.6 is 11.6 Å². The third-order valence-electron chi connectivity index (χ3n) is 4.48. The highest BCUT2D eigenvalue weighted by atomic mass is 35.5. The van der Waals surface area contributed by atoms with Crippen molar-refractivity contribution in [3.63, 3.8) is 0 Å². The van der Waals surface area contributed by atoms with E-state index in [2.05, 4.69) is 15.5 Å². The number of anilines is 1. The maximum Gasteiger partial charge on any atom is 0.179 e. The molecule has 3 aromatic rings. The summed E-state index contributed by atoms with van der Waals surface area (Å²) in [6, 6.07) is 10.9. The van der Waals surface area contributed by atoms with Crippen LogP contribution in [0.4, 0.5) is 10.2 Å². The largest absolute Gasteiger partial charge is 0.261 e. The average molecular weight is 404 g/mol. The third-order valence-corrected chi connectivity index (χ3v) is 6.48. The molecule has 1 N–H and O–H groups in total. The van der Waals surface area contributed by atoms with Crippen LogP contribution in [0.15, 0.2) is 52.5 Å². The Hall–Kier alpha value is -2.51. The number of hydrazone groups is 1. The molecule has 0 saturated carbocycles. The van der Waals surface area contributed by atoms with Gasteiger partial charge in [-0.25, -0.2) is 17.8 Å². The zero-order chi connectivity index (χ0) is 19.2. The van der Waals surface area contributed by atoms with Crippen molar-refractivity contribution in [1.82, 2.24) is 4.98 Å². The topological polar surface area (TPSA) is 71.4 Å². The van der Waals surface area contributed by atoms with Crippen molar-refractivity contribution in [2.75, 3.05) is 11.2 Å². The maximum absolute atomic E-state index is 13.6. The molecule has 2 heterocycles. The third kappa shape index (κ3) is 3.40. The Morgan fingerprint density at radius 3 is 2.81 bits per heavy atom. The molecule has 0 spiro atoms. The van der Waals surface area contributed by atoms with Gasteiger partial charge in [-0.2, -0.15) is 5.10 Å². The van der Waals surface area contributed by atoms with Crippen molar-refractivity contribution in [1.29, 1.82) is 0 Å². The molecule has 5 nitrogen and oxygen atoms in total. The van der Waals surface area contributed by atoms with Crippen molar-refractivity contribution < 1.29 is 12.8 Å². The van der Waals surface area contributed by atoms with Crippen molar-refractivity contribution in [3.05, 3.63) is 64.4 Å². The quantitative estimate of drug-likeness (QED) is 0.510. The molecule has 0 atom stereocenters. The summed E-state index contributed by atoms with van der Waals surface area (Å²) in [7, 11) is -3.42. The van der Waals surface area contributed by atoms with E-state index in [0.717, 1.165) is 22.5 Å². The van der Waals surface area contributed by atoms with E-state index in [1.807, 2.05) is 25.1 Å². The molecule has 1 aromatic heterocycles. The minimum absolute atomic E-state index is 0.0607. The van der Waals surface area contributed by atoms with Gasteiger partial charge >= 0.3 is 0 Å². The lowest BCUT2D eigenvalue weighted by Gasteiger charge is -2.18. The fourth-order valence-corrected chi connectivity index (χ4v) is 4.78. The standard InChI is InChI=1S/C19H15ClFN3O2S/c1-11-8-19(22-16-4-2-12(20)9-14(11)16)24-23-17-6-7-27(25,26)18-5-3-13(21)10-15(17)18/h2-5,8-10H,6-7H2,1H3,(H,22,24)/b23-17+. The first-order valence-electron chi connectivity index (χ1n) is 8.26. The highest BCUT2D eigenvalue weighted by Crippen LogP contribution is 2.27. The molecule has 1 aliphatic rings. The number of sulfone groups is 1. The van der Waals surface area contributed by atoms with Crippen LogP contribution < -0.4 is 5.43 Å². The molecule has 4 rings (SSSR count).